The zero-order valence-corrected chi connectivity index (χ0v) is 13.8. The van der Waals surface area contributed by atoms with Crippen molar-refractivity contribution >= 4 is 11.9 Å². The van der Waals surface area contributed by atoms with Crippen LogP contribution in [0.5, 0.6) is 5.75 Å². The summed E-state index contributed by atoms with van der Waals surface area (Å²) in [5, 5.41) is 9.78. The Morgan fingerprint density at radius 3 is 1.86 bits per heavy atom. The van der Waals surface area contributed by atoms with Crippen LogP contribution in [-0.2, 0) is 0 Å². The highest BCUT2D eigenvalue weighted by atomic mass is 16.3. The minimum Gasteiger partial charge on any atom is -0.507 e. The third kappa shape index (κ3) is 3.28. The predicted molar refractivity (Wildman–Crippen MR) is 91.6 cm³/mol. The van der Waals surface area contributed by atoms with E-state index in [4.69, 9.17) is 0 Å². The molecule has 0 aliphatic carbocycles. The first kappa shape index (κ1) is 16.0. The molecule has 0 aliphatic heterocycles. The lowest BCUT2D eigenvalue weighted by Crippen LogP contribution is -1.98. The van der Waals surface area contributed by atoms with Crippen LogP contribution in [0.2, 0.25) is 0 Å². The van der Waals surface area contributed by atoms with Crippen LogP contribution in [-0.4, -0.2) is 10.9 Å². The van der Waals surface area contributed by atoms with Crippen LogP contribution in [0, 0.1) is 34.6 Å². The fourth-order valence-corrected chi connectivity index (χ4v) is 2.53. The van der Waals surface area contributed by atoms with Crippen LogP contribution >= 0.6 is 0 Å². The lowest BCUT2D eigenvalue weighted by molar-refractivity contribution is 0.104. The SMILES string of the molecule is Cc1cc(C(=O)/C=C/c2cc(C)c(O)c(C)c2)cc(C)c1C. The minimum absolute atomic E-state index is 0.00502. The summed E-state index contributed by atoms with van der Waals surface area (Å²) in [4.78, 5) is 12.3. The Balaban J connectivity index is 2.29. The van der Waals surface area contributed by atoms with E-state index in [9.17, 15) is 9.90 Å². The van der Waals surface area contributed by atoms with Gasteiger partial charge in [0.25, 0.3) is 0 Å². The second kappa shape index (κ2) is 6.18. The Bertz CT molecular complexity index is 721. The number of ketones is 1. The molecule has 2 aromatic rings. The van der Waals surface area contributed by atoms with Gasteiger partial charge in [0.1, 0.15) is 5.75 Å². The molecule has 0 saturated heterocycles. The number of benzene rings is 2. The first-order chi connectivity index (χ1) is 10.3. The van der Waals surface area contributed by atoms with Gasteiger partial charge in [0.2, 0.25) is 0 Å². The van der Waals surface area contributed by atoms with Crippen molar-refractivity contribution in [3.63, 3.8) is 0 Å². The van der Waals surface area contributed by atoms with Gasteiger partial charge in [0.05, 0.1) is 0 Å². The van der Waals surface area contributed by atoms with Crippen molar-refractivity contribution in [1.29, 1.82) is 0 Å². The Hall–Kier alpha value is -2.35. The summed E-state index contributed by atoms with van der Waals surface area (Å²) in [7, 11) is 0. The van der Waals surface area contributed by atoms with Gasteiger partial charge in [-0.3, -0.25) is 4.79 Å². The first-order valence-electron chi connectivity index (χ1n) is 7.40. The molecule has 0 bridgehead atoms. The molecule has 0 atom stereocenters. The van der Waals surface area contributed by atoms with Gasteiger partial charge in [-0.1, -0.05) is 6.08 Å². The van der Waals surface area contributed by atoms with E-state index in [0.29, 0.717) is 11.3 Å². The van der Waals surface area contributed by atoms with E-state index in [-0.39, 0.29) is 5.78 Å². The second-order valence-corrected chi connectivity index (χ2v) is 5.94. The number of carbonyl (C=O) groups excluding carboxylic acids is 1. The van der Waals surface area contributed by atoms with Gasteiger partial charge in [-0.2, -0.15) is 0 Å². The third-order valence-corrected chi connectivity index (χ3v) is 4.15. The van der Waals surface area contributed by atoms with Gasteiger partial charge >= 0.3 is 0 Å². The van der Waals surface area contributed by atoms with Crippen LogP contribution in [0.25, 0.3) is 6.08 Å². The van der Waals surface area contributed by atoms with Gasteiger partial charge in [-0.15, -0.1) is 0 Å². The Labute approximate surface area is 132 Å². The van der Waals surface area contributed by atoms with Gasteiger partial charge in [-0.25, -0.2) is 0 Å². The number of hydrogen-bond donors (Lipinski definition) is 1. The van der Waals surface area contributed by atoms with Crippen molar-refractivity contribution in [1.82, 2.24) is 0 Å². The van der Waals surface area contributed by atoms with E-state index in [1.54, 1.807) is 12.2 Å². The number of allylic oxidation sites excluding steroid dienone is 1. The van der Waals surface area contributed by atoms with Crippen LogP contribution in [0.1, 0.15) is 43.7 Å². The molecule has 114 valence electrons. The molecule has 0 aromatic heterocycles. The zero-order valence-electron chi connectivity index (χ0n) is 13.8. The Morgan fingerprint density at radius 2 is 1.36 bits per heavy atom. The number of phenolic OH excluding ortho intramolecular Hbond substituents is 1. The monoisotopic (exact) mass is 294 g/mol. The maximum atomic E-state index is 12.3. The van der Waals surface area contributed by atoms with Crippen molar-refractivity contribution in [2.75, 3.05) is 0 Å². The molecule has 0 unspecified atom stereocenters. The molecule has 0 radical (unpaired) electrons. The zero-order chi connectivity index (χ0) is 16.4. The number of hydrogen-bond acceptors (Lipinski definition) is 2. The summed E-state index contributed by atoms with van der Waals surface area (Å²) in [6.07, 6.45) is 3.39. The molecule has 0 amide bonds. The van der Waals surface area contributed by atoms with Crippen LogP contribution < -0.4 is 0 Å². The van der Waals surface area contributed by atoms with Gasteiger partial charge in [-0.05, 0) is 98.3 Å². The smallest absolute Gasteiger partial charge is 0.185 e. The summed E-state index contributed by atoms with van der Waals surface area (Å²) in [6.45, 7) is 9.82. The Kier molecular flexibility index (Phi) is 4.51. The number of rotatable bonds is 3. The summed E-state index contributed by atoms with van der Waals surface area (Å²) < 4.78 is 0. The van der Waals surface area contributed by atoms with Crippen molar-refractivity contribution in [3.8, 4) is 5.75 Å². The van der Waals surface area contributed by atoms with Crippen molar-refractivity contribution in [2.45, 2.75) is 34.6 Å². The molecule has 1 N–H and O–H groups in total. The van der Waals surface area contributed by atoms with Gasteiger partial charge in [0.15, 0.2) is 5.78 Å². The molecule has 22 heavy (non-hydrogen) atoms. The van der Waals surface area contributed by atoms with E-state index in [0.717, 1.165) is 27.8 Å². The number of phenols is 1. The maximum absolute atomic E-state index is 12.3. The number of carbonyl (C=O) groups is 1. The summed E-state index contributed by atoms with van der Waals surface area (Å²) in [6, 6.07) is 7.61. The van der Waals surface area contributed by atoms with Crippen LogP contribution in [0.15, 0.2) is 30.3 Å². The molecule has 2 aromatic carbocycles. The summed E-state index contributed by atoms with van der Waals surface area (Å²) >= 11 is 0. The topological polar surface area (TPSA) is 37.3 Å². The minimum atomic E-state index is -0.00502. The van der Waals surface area contributed by atoms with Gasteiger partial charge in [0, 0.05) is 5.56 Å². The molecule has 0 fully saturated rings. The fraction of sp³-hybridized carbons (Fsp3) is 0.250. The largest absolute Gasteiger partial charge is 0.507 e. The van der Waals surface area contributed by atoms with Crippen molar-refractivity contribution in [3.05, 3.63) is 69.3 Å². The molecule has 0 heterocycles. The summed E-state index contributed by atoms with van der Waals surface area (Å²) in [5.74, 6) is 0.308. The summed E-state index contributed by atoms with van der Waals surface area (Å²) in [5.41, 5.74) is 6.75. The normalized spacial score (nSPS) is 11.1. The van der Waals surface area contributed by atoms with E-state index in [2.05, 4.69) is 6.92 Å². The molecule has 2 rings (SSSR count). The highest BCUT2D eigenvalue weighted by Gasteiger charge is 2.07. The second-order valence-electron chi connectivity index (χ2n) is 5.94. The highest BCUT2D eigenvalue weighted by Crippen LogP contribution is 2.23. The molecule has 0 aliphatic rings. The molecule has 2 nitrogen and oxygen atoms in total. The average Bonchev–Trinajstić information content (AvgIpc) is 2.47. The van der Waals surface area contributed by atoms with E-state index < -0.39 is 0 Å². The average molecular weight is 294 g/mol. The van der Waals surface area contributed by atoms with E-state index >= 15 is 0 Å². The van der Waals surface area contributed by atoms with Crippen molar-refractivity contribution < 1.29 is 9.90 Å². The number of aromatic hydroxyl groups is 1. The predicted octanol–water partition coefficient (Wildman–Crippen LogP) is 4.83. The molecule has 0 saturated carbocycles. The molecular formula is C20H22O2. The van der Waals surface area contributed by atoms with E-state index in [1.165, 1.54) is 5.56 Å². The Morgan fingerprint density at radius 1 is 0.864 bits per heavy atom. The quantitative estimate of drug-likeness (QED) is 0.650. The fourth-order valence-electron chi connectivity index (χ4n) is 2.53. The lowest BCUT2D eigenvalue weighted by Gasteiger charge is -2.07. The van der Waals surface area contributed by atoms with E-state index in [1.807, 2.05) is 52.0 Å². The number of aryl methyl sites for hydroxylation is 4. The molecule has 2 heteroatoms. The third-order valence-electron chi connectivity index (χ3n) is 4.15. The molecule has 0 spiro atoms. The van der Waals surface area contributed by atoms with Crippen LogP contribution in [0.4, 0.5) is 0 Å². The van der Waals surface area contributed by atoms with Crippen LogP contribution in [0.3, 0.4) is 0 Å². The highest BCUT2D eigenvalue weighted by molar-refractivity contribution is 6.07. The van der Waals surface area contributed by atoms with Crippen molar-refractivity contribution in [2.24, 2.45) is 0 Å². The first-order valence-corrected chi connectivity index (χ1v) is 7.40. The standard InChI is InChI=1S/C20H22O2/c1-12-10-18(11-13(2)16(12)5)19(21)7-6-17-8-14(3)20(22)15(4)9-17/h6-11,22H,1-5H3/b7-6+. The lowest BCUT2D eigenvalue weighted by atomic mass is 9.98. The van der Waals surface area contributed by atoms with Gasteiger partial charge < -0.3 is 5.11 Å². The maximum Gasteiger partial charge on any atom is 0.185 e. The molecular weight excluding hydrogens is 272 g/mol.